The second kappa shape index (κ2) is 12.0. The number of rotatable bonds is 10. The van der Waals surface area contributed by atoms with Crippen LogP contribution in [0.1, 0.15) is 78.0 Å². The summed E-state index contributed by atoms with van der Waals surface area (Å²) in [4.78, 5) is 45.8. The Morgan fingerprint density at radius 2 is 1.61 bits per heavy atom. The van der Waals surface area contributed by atoms with E-state index in [1.165, 1.54) is 31.4 Å². The molecule has 0 aliphatic heterocycles. The van der Waals surface area contributed by atoms with Gasteiger partial charge in [0.2, 0.25) is 5.78 Å². The van der Waals surface area contributed by atoms with Gasteiger partial charge in [0.05, 0.1) is 34.3 Å². The minimum Gasteiger partial charge on any atom is -0.487 e. The molecule has 9 nitrogen and oxygen atoms in total. The maximum atomic E-state index is 14.2. The number of esters is 1. The number of nitrogens with zero attached hydrogens (tertiary/aromatic N) is 2. The molecule has 0 unspecified atom stereocenters. The van der Waals surface area contributed by atoms with Gasteiger partial charge in [-0.05, 0) is 75.2 Å². The van der Waals surface area contributed by atoms with Crippen LogP contribution in [0.2, 0.25) is 0 Å². The van der Waals surface area contributed by atoms with Gasteiger partial charge in [0.1, 0.15) is 12.4 Å². The monoisotopic (exact) mass is 618 g/mol. The topological polar surface area (TPSA) is 121 Å². The molecule has 0 radical (unpaired) electrons. The molecule has 1 aromatic carbocycles. The van der Waals surface area contributed by atoms with Gasteiger partial charge >= 0.3 is 5.97 Å². The van der Waals surface area contributed by atoms with Crippen molar-refractivity contribution < 1.29 is 32.3 Å². The Labute approximate surface area is 258 Å². The van der Waals surface area contributed by atoms with E-state index in [4.69, 9.17) is 9.47 Å². The molecule has 10 heteroatoms. The molecule has 4 aromatic rings. The average Bonchev–Trinajstić information content (AvgIpc) is 3.25. The number of hydrogen-bond donors (Lipinski definition) is 0. The van der Waals surface area contributed by atoms with Crippen molar-refractivity contribution in [2.45, 2.75) is 59.5 Å². The van der Waals surface area contributed by atoms with Crippen LogP contribution < -0.4 is 4.74 Å². The normalized spacial score (nSPS) is 12.3. The third-order valence-corrected chi connectivity index (χ3v) is 8.50. The summed E-state index contributed by atoms with van der Waals surface area (Å²) in [5.74, 6) is -0.667. The average molecular weight is 619 g/mol. The zero-order valence-electron chi connectivity index (χ0n) is 26.3. The number of fused-ring (bicyclic) bond motifs is 1. The lowest BCUT2D eigenvalue weighted by Gasteiger charge is -2.24. The van der Waals surface area contributed by atoms with E-state index in [9.17, 15) is 22.8 Å². The fraction of sp³-hybridized carbons (Fsp3) is 0.353. The van der Waals surface area contributed by atoms with Crippen molar-refractivity contribution in [3.63, 3.8) is 0 Å². The van der Waals surface area contributed by atoms with Gasteiger partial charge in [-0.2, -0.15) is 0 Å². The first-order valence-corrected chi connectivity index (χ1v) is 16.0. The lowest BCUT2D eigenvalue weighted by molar-refractivity contribution is -0.150. The Morgan fingerprint density at radius 3 is 2.18 bits per heavy atom. The van der Waals surface area contributed by atoms with Crippen LogP contribution >= 0.6 is 0 Å². The number of aromatic nitrogens is 2. The number of hydrogen-bond acceptors (Lipinski definition) is 8. The Bertz CT molecular complexity index is 1860. The molecular weight excluding hydrogens is 580 g/mol. The van der Waals surface area contributed by atoms with Gasteiger partial charge in [-0.15, -0.1) is 0 Å². The summed E-state index contributed by atoms with van der Waals surface area (Å²) in [6.45, 7) is 10.9. The molecule has 0 aliphatic carbocycles. The molecule has 0 aliphatic rings. The van der Waals surface area contributed by atoms with Crippen LogP contribution in [0.4, 0.5) is 0 Å². The molecule has 0 fully saturated rings. The molecule has 0 spiro atoms. The lowest BCUT2D eigenvalue weighted by atomic mass is 9.79. The molecule has 0 N–H and O–H groups in total. The number of ether oxygens (including phenoxy) is 2. The minimum atomic E-state index is -3.48. The summed E-state index contributed by atoms with van der Waals surface area (Å²) in [6, 6.07) is 14.7. The largest absolute Gasteiger partial charge is 0.487 e. The highest BCUT2D eigenvalue weighted by atomic mass is 32.2. The van der Waals surface area contributed by atoms with Crippen molar-refractivity contribution in [3.8, 4) is 5.75 Å². The number of pyridine rings is 2. The van der Waals surface area contributed by atoms with Crippen molar-refractivity contribution in [2.24, 2.45) is 10.8 Å². The number of sulfone groups is 1. The second-order valence-electron chi connectivity index (χ2n) is 12.6. The van der Waals surface area contributed by atoms with Crippen LogP contribution in [0.25, 0.3) is 5.52 Å². The summed E-state index contributed by atoms with van der Waals surface area (Å²) < 4.78 is 36.9. The van der Waals surface area contributed by atoms with Crippen molar-refractivity contribution in [2.75, 3.05) is 13.4 Å². The Kier molecular flexibility index (Phi) is 8.89. The summed E-state index contributed by atoms with van der Waals surface area (Å²) in [5, 5.41) is 0. The van der Waals surface area contributed by atoms with Gasteiger partial charge < -0.3 is 13.9 Å². The molecule has 3 heterocycles. The van der Waals surface area contributed by atoms with Crippen molar-refractivity contribution in [1.82, 2.24) is 9.38 Å². The Hall–Kier alpha value is -4.31. The van der Waals surface area contributed by atoms with Crippen LogP contribution in [0.5, 0.6) is 5.75 Å². The highest BCUT2D eigenvalue weighted by molar-refractivity contribution is 7.90. The minimum absolute atomic E-state index is 0.0321. The van der Waals surface area contributed by atoms with Gasteiger partial charge in [-0.1, -0.05) is 26.8 Å². The van der Waals surface area contributed by atoms with Crippen molar-refractivity contribution >= 4 is 32.9 Å². The highest BCUT2D eigenvalue weighted by Gasteiger charge is 2.38. The number of benzene rings is 1. The predicted octanol–water partition coefficient (Wildman–Crippen LogP) is 5.83. The third kappa shape index (κ3) is 6.75. The Balaban J connectivity index is 1.96. The first-order chi connectivity index (χ1) is 20.4. The molecule has 44 heavy (non-hydrogen) atoms. The lowest BCUT2D eigenvalue weighted by Crippen LogP contribution is -2.30. The fourth-order valence-corrected chi connectivity index (χ4v) is 5.67. The molecule has 0 atom stereocenters. The number of Topliss-reactive ketones (excluding diaryl/α,β-unsaturated/α-hetero) is 1. The number of aryl methyl sites for hydroxylation is 1. The van der Waals surface area contributed by atoms with E-state index in [-0.39, 0.29) is 35.0 Å². The van der Waals surface area contributed by atoms with E-state index in [1.54, 1.807) is 57.3 Å². The van der Waals surface area contributed by atoms with Crippen LogP contribution in [-0.4, -0.2) is 48.7 Å². The predicted molar refractivity (Wildman–Crippen MR) is 167 cm³/mol. The Morgan fingerprint density at radius 1 is 0.955 bits per heavy atom. The molecule has 0 amide bonds. The van der Waals surface area contributed by atoms with Crippen LogP contribution in [0.15, 0.2) is 65.7 Å². The number of methoxy groups -OCH3 is 1. The number of carbonyl (C=O) groups excluding carboxylic acids is 3. The fourth-order valence-electron chi connectivity index (χ4n) is 5.04. The van der Waals surface area contributed by atoms with Crippen LogP contribution in [0, 0.1) is 17.8 Å². The molecular formula is C34H38N2O7S. The third-order valence-electron chi connectivity index (χ3n) is 7.37. The van der Waals surface area contributed by atoms with Crippen LogP contribution in [-0.2, 0) is 32.4 Å². The summed E-state index contributed by atoms with van der Waals surface area (Å²) in [5.41, 5.74) is 1.27. The van der Waals surface area contributed by atoms with E-state index >= 15 is 0 Å². The maximum Gasteiger partial charge on any atom is 0.311 e. The first-order valence-electron chi connectivity index (χ1n) is 14.1. The summed E-state index contributed by atoms with van der Waals surface area (Å²) in [6.07, 6.45) is 2.79. The second-order valence-corrected chi connectivity index (χ2v) is 14.7. The molecule has 0 saturated heterocycles. The van der Waals surface area contributed by atoms with Gasteiger partial charge in [0.15, 0.2) is 15.6 Å². The SMILES string of the molecule is COC(=O)C(C)(C)Cc1c(C(=O)C(C)(C)C)c2cc(OCc3cccc(C)n3)ccn2c1C(=O)c1ccc(S(C)(=O)=O)cc1. The van der Waals surface area contributed by atoms with E-state index in [0.717, 1.165) is 17.6 Å². The standard InChI is InChI=1S/C34H38N2O7S/c1-21-10-9-11-23(35-21)20-43-24-16-17-36-27(18-24)28(31(38)33(2,3)4)26(19-34(5,6)32(39)42-7)29(36)30(37)22-12-14-25(15-13-22)44(8,40)41/h9-18H,19-20H2,1-8H3. The van der Waals surface area contributed by atoms with Gasteiger partial charge in [-0.25, -0.2) is 8.42 Å². The van der Waals surface area contributed by atoms with E-state index in [1.807, 2.05) is 25.1 Å². The van der Waals surface area contributed by atoms with E-state index < -0.39 is 32.4 Å². The summed E-state index contributed by atoms with van der Waals surface area (Å²) in [7, 11) is -2.18. The number of ketones is 2. The summed E-state index contributed by atoms with van der Waals surface area (Å²) >= 11 is 0. The van der Waals surface area contributed by atoms with Crippen molar-refractivity contribution in [1.29, 1.82) is 0 Å². The zero-order valence-corrected chi connectivity index (χ0v) is 27.2. The van der Waals surface area contributed by atoms with Gasteiger partial charge in [-0.3, -0.25) is 19.4 Å². The van der Waals surface area contributed by atoms with Crippen LogP contribution in [0.3, 0.4) is 0 Å². The van der Waals surface area contributed by atoms with E-state index in [2.05, 4.69) is 4.98 Å². The smallest absolute Gasteiger partial charge is 0.311 e. The molecule has 0 saturated carbocycles. The van der Waals surface area contributed by atoms with Gasteiger partial charge in [0, 0.05) is 40.8 Å². The molecule has 3 aromatic heterocycles. The van der Waals surface area contributed by atoms with E-state index in [0.29, 0.717) is 22.4 Å². The quantitative estimate of drug-likeness (QED) is 0.161. The maximum absolute atomic E-state index is 14.2. The zero-order chi connectivity index (χ0) is 32.6. The highest BCUT2D eigenvalue weighted by Crippen LogP contribution is 2.37. The number of carbonyl (C=O) groups is 3. The first kappa shape index (κ1) is 32.6. The van der Waals surface area contributed by atoms with Crippen molar-refractivity contribution in [3.05, 3.63) is 94.6 Å². The molecule has 4 rings (SSSR count). The van der Waals surface area contributed by atoms with Gasteiger partial charge in [0.25, 0.3) is 0 Å². The molecule has 232 valence electrons. The molecule has 0 bridgehead atoms.